The SMILES string of the molecule is Cn1cc(S(=O)(=O)N2CCC[C@H](C(=O)Nc3nn(Cc4cccc(F)c4)cc3Cl)C2)cn1. The third-order valence-electron chi connectivity index (χ3n) is 5.27. The standard InChI is InChI=1S/C20H22ClFN6O3S/c1-26-12-17(9-23-26)32(30,31)28-7-3-5-15(11-28)20(29)24-19-18(21)13-27(25-19)10-14-4-2-6-16(22)8-14/h2,4,6,8-9,12-13,15H,3,5,7,10-11H2,1H3,(H,24,25,29)/t15-/m0/s1. The molecule has 1 N–H and O–H groups in total. The van der Waals surface area contributed by atoms with Crippen LogP contribution >= 0.6 is 11.6 Å². The quantitative estimate of drug-likeness (QED) is 0.584. The summed E-state index contributed by atoms with van der Waals surface area (Å²) in [5, 5.41) is 11.1. The van der Waals surface area contributed by atoms with Crippen molar-refractivity contribution in [2.45, 2.75) is 24.3 Å². The maximum absolute atomic E-state index is 13.4. The average molecular weight is 481 g/mol. The Labute approximate surface area is 189 Å². The van der Waals surface area contributed by atoms with Crippen molar-refractivity contribution in [2.24, 2.45) is 13.0 Å². The van der Waals surface area contributed by atoms with E-state index in [0.29, 0.717) is 24.9 Å². The number of hydrogen-bond donors (Lipinski definition) is 1. The van der Waals surface area contributed by atoms with Crippen LogP contribution in [0.3, 0.4) is 0 Å². The fourth-order valence-corrected chi connectivity index (χ4v) is 5.37. The van der Waals surface area contributed by atoms with Gasteiger partial charge < -0.3 is 5.32 Å². The molecule has 0 unspecified atom stereocenters. The molecule has 4 rings (SSSR count). The minimum atomic E-state index is -3.73. The smallest absolute Gasteiger partial charge is 0.246 e. The average Bonchev–Trinajstić information content (AvgIpc) is 3.34. The monoisotopic (exact) mass is 480 g/mol. The van der Waals surface area contributed by atoms with Gasteiger partial charge in [0, 0.05) is 32.5 Å². The topological polar surface area (TPSA) is 102 Å². The number of aromatic nitrogens is 4. The van der Waals surface area contributed by atoms with Gasteiger partial charge in [0.15, 0.2) is 5.82 Å². The predicted octanol–water partition coefficient (Wildman–Crippen LogP) is 2.50. The minimum Gasteiger partial charge on any atom is -0.308 e. The highest BCUT2D eigenvalue weighted by molar-refractivity contribution is 7.89. The number of rotatable bonds is 6. The zero-order valence-corrected chi connectivity index (χ0v) is 18.9. The summed E-state index contributed by atoms with van der Waals surface area (Å²) in [6.45, 7) is 0.683. The van der Waals surface area contributed by atoms with E-state index in [1.807, 2.05) is 0 Å². The van der Waals surface area contributed by atoms with Crippen molar-refractivity contribution in [3.63, 3.8) is 0 Å². The van der Waals surface area contributed by atoms with E-state index < -0.39 is 15.9 Å². The molecule has 0 bridgehead atoms. The third kappa shape index (κ3) is 4.84. The van der Waals surface area contributed by atoms with Crippen LogP contribution in [0.2, 0.25) is 5.02 Å². The van der Waals surface area contributed by atoms with Gasteiger partial charge in [-0.1, -0.05) is 23.7 Å². The first kappa shape index (κ1) is 22.4. The second kappa shape index (κ2) is 9.00. The number of halogens is 2. The summed E-state index contributed by atoms with van der Waals surface area (Å²) in [6.07, 6.45) is 5.38. The molecule has 9 nitrogen and oxygen atoms in total. The molecule has 0 aliphatic carbocycles. The van der Waals surface area contributed by atoms with Gasteiger partial charge in [0.25, 0.3) is 0 Å². The Morgan fingerprint density at radius 2 is 2.16 bits per heavy atom. The van der Waals surface area contributed by atoms with Crippen LogP contribution in [0.15, 0.2) is 47.8 Å². The van der Waals surface area contributed by atoms with Crippen LogP contribution in [0.1, 0.15) is 18.4 Å². The van der Waals surface area contributed by atoms with Gasteiger partial charge in [-0.15, -0.1) is 0 Å². The number of carbonyl (C=O) groups is 1. The number of nitrogens with one attached hydrogen (secondary N) is 1. The summed E-state index contributed by atoms with van der Waals surface area (Å²) >= 11 is 6.22. The molecule has 32 heavy (non-hydrogen) atoms. The first-order valence-corrected chi connectivity index (χ1v) is 11.8. The van der Waals surface area contributed by atoms with Crippen LogP contribution in [0.25, 0.3) is 0 Å². The first-order chi connectivity index (χ1) is 15.2. The van der Waals surface area contributed by atoms with Crippen molar-refractivity contribution in [1.29, 1.82) is 0 Å². The third-order valence-corrected chi connectivity index (χ3v) is 7.36. The van der Waals surface area contributed by atoms with E-state index in [9.17, 15) is 17.6 Å². The Morgan fingerprint density at radius 1 is 1.34 bits per heavy atom. The number of sulfonamides is 1. The molecule has 1 aliphatic rings. The van der Waals surface area contributed by atoms with Crippen LogP contribution in [-0.2, 0) is 28.4 Å². The molecular weight excluding hydrogens is 459 g/mol. The summed E-state index contributed by atoms with van der Waals surface area (Å²) < 4.78 is 43.3. The Kier molecular flexibility index (Phi) is 6.31. The molecule has 0 saturated carbocycles. The van der Waals surface area contributed by atoms with Crippen LogP contribution < -0.4 is 5.32 Å². The van der Waals surface area contributed by atoms with Gasteiger partial charge >= 0.3 is 0 Å². The highest BCUT2D eigenvalue weighted by Crippen LogP contribution is 2.26. The molecule has 1 amide bonds. The molecule has 170 valence electrons. The predicted molar refractivity (Wildman–Crippen MR) is 116 cm³/mol. The fraction of sp³-hybridized carbons (Fsp3) is 0.350. The van der Waals surface area contributed by atoms with Gasteiger partial charge in [0.2, 0.25) is 15.9 Å². The van der Waals surface area contributed by atoms with Crippen molar-refractivity contribution in [3.05, 3.63) is 59.3 Å². The number of anilines is 1. The van der Waals surface area contributed by atoms with E-state index in [4.69, 9.17) is 11.6 Å². The van der Waals surface area contributed by atoms with Gasteiger partial charge in [-0.2, -0.15) is 14.5 Å². The number of amides is 1. The Morgan fingerprint density at radius 3 is 2.88 bits per heavy atom. The van der Waals surface area contributed by atoms with Gasteiger partial charge in [0.1, 0.15) is 15.7 Å². The highest BCUT2D eigenvalue weighted by atomic mass is 35.5. The largest absolute Gasteiger partial charge is 0.308 e. The molecule has 1 saturated heterocycles. The lowest BCUT2D eigenvalue weighted by Gasteiger charge is -2.30. The van der Waals surface area contributed by atoms with E-state index in [1.165, 1.54) is 38.2 Å². The lowest BCUT2D eigenvalue weighted by molar-refractivity contribution is -0.120. The van der Waals surface area contributed by atoms with E-state index >= 15 is 0 Å². The summed E-state index contributed by atoms with van der Waals surface area (Å²) in [6, 6.07) is 6.11. The summed E-state index contributed by atoms with van der Waals surface area (Å²) in [5.41, 5.74) is 0.700. The lowest BCUT2D eigenvalue weighted by atomic mass is 9.99. The van der Waals surface area contributed by atoms with Crippen LogP contribution in [0.4, 0.5) is 10.2 Å². The second-order valence-electron chi connectivity index (χ2n) is 7.69. The molecule has 3 heterocycles. The summed E-state index contributed by atoms with van der Waals surface area (Å²) in [4.78, 5) is 12.9. The maximum Gasteiger partial charge on any atom is 0.246 e. The van der Waals surface area contributed by atoms with Crippen molar-refractivity contribution in [3.8, 4) is 0 Å². The number of piperidine rings is 1. The number of hydrogen-bond acceptors (Lipinski definition) is 5. The molecule has 0 spiro atoms. The number of aryl methyl sites for hydroxylation is 1. The molecule has 3 aromatic rings. The number of carbonyl (C=O) groups excluding carboxylic acids is 1. The maximum atomic E-state index is 13.4. The van der Waals surface area contributed by atoms with Gasteiger partial charge in [-0.05, 0) is 30.5 Å². The van der Waals surface area contributed by atoms with E-state index in [0.717, 1.165) is 0 Å². The Hall–Kier alpha value is -2.76. The van der Waals surface area contributed by atoms with Crippen molar-refractivity contribution in [1.82, 2.24) is 23.9 Å². The molecule has 1 aliphatic heterocycles. The molecular formula is C20H22ClFN6O3S. The van der Waals surface area contributed by atoms with Crippen molar-refractivity contribution >= 4 is 33.3 Å². The highest BCUT2D eigenvalue weighted by Gasteiger charge is 2.34. The molecule has 1 atom stereocenters. The zero-order chi connectivity index (χ0) is 22.9. The Bertz CT molecular complexity index is 1240. The molecule has 0 radical (unpaired) electrons. The van der Waals surface area contributed by atoms with Crippen molar-refractivity contribution < 1.29 is 17.6 Å². The van der Waals surface area contributed by atoms with Crippen LogP contribution in [-0.4, -0.2) is 51.3 Å². The molecule has 1 fully saturated rings. The lowest BCUT2D eigenvalue weighted by Crippen LogP contribution is -2.43. The summed E-state index contributed by atoms with van der Waals surface area (Å²) in [5.74, 6) is -1.06. The van der Waals surface area contributed by atoms with Gasteiger partial charge in [-0.3, -0.25) is 14.2 Å². The van der Waals surface area contributed by atoms with Crippen LogP contribution in [0.5, 0.6) is 0 Å². The van der Waals surface area contributed by atoms with E-state index in [-0.39, 0.29) is 40.5 Å². The van der Waals surface area contributed by atoms with Crippen molar-refractivity contribution in [2.75, 3.05) is 18.4 Å². The van der Waals surface area contributed by atoms with Gasteiger partial charge in [-0.25, -0.2) is 12.8 Å². The zero-order valence-electron chi connectivity index (χ0n) is 17.3. The normalized spacial score (nSPS) is 17.4. The molecule has 2 aromatic heterocycles. The fourth-order valence-electron chi connectivity index (χ4n) is 3.66. The molecule has 12 heteroatoms. The van der Waals surface area contributed by atoms with E-state index in [1.54, 1.807) is 25.4 Å². The van der Waals surface area contributed by atoms with E-state index in [2.05, 4.69) is 15.5 Å². The second-order valence-corrected chi connectivity index (χ2v) is 10.0. The number of benzene rings is 1. The molecule has 1 aromatic carbocycles. The van der Waals surface area contributed by atoms with Gasteiger partial charge in [0.05, 0.1) is 18.7 Å². The number of nitrogens with zero attached hydrogens (tertiary/aromatic N) is 5. The summed E-state index contributed by atoms with van der Waals surface area (Å²) in [7, 11) is -2.09. The first-order valence-electron chi connectivity index (χ1n) is 9.99. The minimum absolute atomic E-state index is 0.0602. The van der Waals surface area contributed by atoms with Crippen LogP contribution in [0, 0.1) is 11.7 Å². The Balaban J connectivity index is 1.43.